The Bertz CT molecular complexity index is 765. The number of anilines is 1. The minimum atomic E-state index is -0.301. The molecular formula is C14H14FN5. The van der Waals surface area contributed by atoms with Gasteiger partial charge in [-0.05, 0) is 32.0 Å². The summed E-state index contributed by atoms with van der Waals surface area (Å²) in [6, 6.07) is 6.28. The number of hydrogen-bond acceptors (Lipinski definition) is 4. The van der Waals surface area contributed by atoms with Crippen molar-refractivity contribution in [3.8, 4) is 5.69 Å². The van der Waals surface area contributed by atoms with Gasteiger partial charge < -0.3 is 5.32 Å². The lowest BCUT2D eigenvalue weighted by Gasteiger charge is -2.05. The van der Waals surface area contributed by atoms with Crippen LogP contribution in [0.3, 0.4) is 0 Å². The SMILES string of the molecule is CCNc1ncnc2c1c(C)nn2-c1cccc(F)c1. The maximum atomic E-state index is 13.4. The molecule has 0 fully saturated rings. The van der Waals surface area contributed by atoms with E-state index in [0.29, 0.717) is 11.3 Å². The largest absolute Gasteiger partial charge is 0.370 e. The van der Waals surface area contributed by atoms with Crippen molar-refractivity contribution in [2.75, 3.05) is 11.9 Å². The molecule has 0 radical (unpaired) electrons. The fraction of sp³-hybridized carbons (Fsp3) is 0.214. The van der Waals surface area contributed by atoms with Crippen LogP contribution in [0.1, 0.15) is 12.6 Å². The topological polar surface area (TPSA) is 55.6 Å². The number of aryl methyl sites for hydroxylation is 1. The minimum absolute atomic E-state index is 0.301. The Balaban J connectivity index is 2.25. The van der Waals surface area contributed by atoms with Gasteiger partial charge in [-0.15, -0.1) is 0 Å². The highest BCUT2D eigenvalue weighted by molar-refractivity contribution is 5.90. The van der Waals surface area contributed by atoms with Gasteiger partial charge in [-0.1, -0.05) is 6.07 Å². The quantitative estimate of drug-likeness (QED) is 0.795. The van der Waals surface area contributed by atoms with Crippen molar-refractivity contribution < 1.29 is 4.39 Å². The van der Waals surface area contributed by atoms with E-state index >= 15 is 0 Å². The molecule has 102 valence electrons. The zero-order chi connectivity index (χ0) is 14.1. The zero-order valence-electron chi connectivity index (χ0n) is 11.3. The monoisotopic (exact) mass is 271 g/mol. The minimum Gasteiger partial charge on any atom is -0.370 e. The number of halogens is 1. The molecule has 0 amide bonds. The van der Waals surface area contributed by atoms with E-state index in [1.54, 1.807) is 16.8 Å². The lowest BCUT2D eigenvalue weighted by molar-refractivity contribution is 0.625. The van der Waals surface area contributed by atoms with Gasteiger partial charge in [-0.25, -0.2) is 19.0 Å². The Hall–Kier alpha value is -2.50. The van der Waals surface area contributed by atoms with Crippen molar-refractivity contribution in [3.63, 3.8) is 0 Å². The summed E-state index contributed by atoms with van der Waals surface area (Å²) in [5.41, 5.74) is 2.11. The summed E-state index contributed by atoms with van der Waals surface area (Å²) in [7, 11) is 0. The molecule has 0 spiro atoms. The molecule has 1 N–H and O–H groups in total. The van der Waals surface area contributed by atoms with Crippen LogP contribution in [0.2, 0.25) is 0 Å². The molecule has 0 saturated carbocycles. The Morgan fingerprint density at radius 1 is 1.30 bits per heavy atom. The van der Waals surface area contributed by atoms with E-state index in [1.165, 1.54) is 18.5 Å². The van der Waals surface area contributed by atoms with E-state index < -0.39 is 0 Å². The average molecular weight is 271 g/mol. The first-order valence-electron chi connectivity index (χ1n) is 6.41. The first-order chi connectivity index (χ1) is 9.70. The number of hydrogen-bond donors (Lipinski definition) is 1. The van der Waals surface area contributed by atoms with Gasteiger partial charge in [0.05, 0.1) is 16.8 Å². The molecule has 0 aliphatic heterocycles. The molecule has 0 aliphatic carbocycles. The number of rotatable bonds is 3. The lowest BCUT2D eigenvalue weighted by Crippen LogP contribution is -2.02. The Morgan fingerprint density at radius 3 is 2.90 bits per heavy atom. The Morgan fingerprint density at radius 2 is 2.15 bits per heavy atom. The van der Waals surface area contributed by atoms with E-state index in [0.717, 1.165) is 23.4 Å². The average Bonchev–Trinajstić information content (AvgIpc) is 2.78. The fourth-order valence-corrected chi connectivity index (χ4v) is 2.21. The predicted octanol–water partition coefficient (Wildman–Crippen LogP) is 2.69. The van der Waals surface area contributed by atoms with E-state index in [9.17, 15) is 4.39 Å². The van der Waals surface area contributed by atoms with Crippen molar-refractivity contribution in [2.45, 2.75) is 13.8 Å². The molecule has 20 heavy (non-hydrogen) atoms. The molecule has 0 atom stereocenters. The predicted molar refractivity (Wildman–Crippen MR) is 75.5 cm³/mol. The summed E-state index contributed by atoms with van der Waals surface area (Å²) in [4.78, 5) is 8.51. The van der Waals surface area contributed by atoms with Gasteiger partial charge in [-0.2, -0.15) is 5.10 Å². The van der Waals surface area contributed by atoms with Crippen LogP contribution in [0.5, 0.6) is 0 Å². The van der Waals surface area contributed by atoms with Gasteiger partial charge in [0.25, 0.3) is 0 Å². The highest BCUT2D eigenvalue weighted by atomic mass is 19.1. The molecule has 2 aromatic heterocycles. The molecular weight excluding hydrogens is 257 g/mol. The number of benzene rings is 1. The standard InChI is InChI=1S/C14H14FN5/c1-3-16-13-12-9(2)19-20(14(12)18-8-17-13)11-6-4-5-10(15)7-11/h4-8H,3H2,1-2H3,(H,16,17,18). The molecule has 0 unspecified atom stereocenters. The van der Waals surface area contributed by atoms with E-state index in [-0.39, 0.29) is 5.82 Å². The second-order valence-corrected chi connectivity index (χ2v) is 4.43. The summed E-state index contributed by atoms with van der Waals surface area (Å²) in [5.74, 6) is 0.447. The van der Waals surface area contributed by atoms with Crippen molar-refractivity contribution in [2.24, 2.45) is 0 Å². The summed E-state index contributed by atoms with van der Waals surface area (Å²) >= 11 is 0. The van der Waals surface area contributed by atoms with Gasteiger partial charge in [0, 0.05) is 6.54 Å². The van der Waals surface area contributed by atoms with Gasteiger partial charge in [-0.3, -0.25) is 0 Å². The first-order valence-corrected chi connectivity index (χ1v) is 6.41. The van der Waals surface area contributed by atoms with Crippen molar-refractivity contribution in [1.29, 1.82) is 0 Å². The molecule has 5 nitrogen and oxygen atoms in total. The van der Waals surface area contributed by atoms with Gasteiger partial charge in [0.15, 0.2) is 5.65 Å². The van der Waals surface area contributed by atoms with E-state index in [4.69, 9.17) is 0 Å². The van der Waals surface area contributed by atoms with Crippen LogP contribution < -0.4 is 5.32 Å². The third-order valence-corrected chi connectivity index (χ3v) is 3.04. The van der Waals surface area contributed by atoms with Crippen LogP contribution >= 0.6 is 0 Å². The molecule has 3 aromatic rings. The molecule has 3 rings (SSSR count). The molecule has 2 heterocycles. The fourth-order valence-electron chi connectivity index (χ4n) is 2.21. The molecule has 0 saturated heterocycles. The number of fused-ring (bicyclic) bond motifs is 1. The van der Waals surface area contributed by atoms with E-state index in [1.807, 2.05) is 13.8 Å². The van der Waals surface area contributed by atoms with Gasteiger partial charge in [0.1, 0.15) is 18.0 Å². The second kappa shape index (κ2) is 4.88. The van der Waals surface area contributed by atoms with Crippen LogP contribution in [0, 0.1) is 12.7 Å². The summed E-state index contributed by atoms with van der Waals surface area (Å²) in [6.07, 6.45) is 1.48. The highest BCUT2D eigenvalue weighted by Gasteiger charge is 2.14. The zero-order valence-corrected chi connectivity index (χ0v) is 11.3. The third-order valence-electron chi connectivity index (χ3n) is 3.04. The molecule has 6 heteroatoms. The third kappa shape index (κ3) is 1.99. The van der Waals surface area contributed by atoms with Gasteiger partial charge >= 0.3 is 0 Å². The van der Waals surface area contributed by atoms with E-state index in [2.05, 4.69) is 20.4 Å². The lowest BCUT2D eigenvalue weighted by atomic mass is 10.3. The van der Waals surface area contributed by atoms with Gasteiger partial charge in [0.2, 0.25) is 0 Å². The maximum absolute atomic E-state index is 13.4. The molecule has 1 aromatic carbocycles. The summed E-state index contributed by atoms with van der Waals surface area (Å²) < 4.78 is 15.0. The van der Waals surface area contributed by atoms with Crippen molar-refractivity contribution >= 4 is 16.9 Å². The molecule has 0 bridgehead atoms. The number of aromatic nitrogens is 4. The molecule has 0 aliphatic rings. The Kier molecular flexibility index (Phi) is 3.06. The normalized spacial score (nSPS) is 10.9. The summed E-state index contributed by atoms with van der Waals surface area (Å²) in [6.45, 7) is 4.65. The highest BCUT2D eigenvalue weighted by Crippen LogP contribution is 2.25. The van der Waals surface area contributed by atoms with Crippen LogP contribution in [0.15, 0.2) is 30.6 Å². The van der Waals surface area contributed by atoms with Crippen LogP contribution in [-0.2, 0) is 0 Å². The summed E-state index contributed by atoms with van der Waals surface area (Å²) in [5, 5.41) is 8.50. The van der Waals surface area contributed by atoms with Crippen LogP contribution in [-0.4, -0.2) is 26.3 Å². The first kappa shape index (κ1) is 12.5. The van der Waals surface area contributed by atoms with Crippen LogP contribution in [0.4, 0.5) is 10.2 Å². The van der Waals surface area contributed by atoms with Crippen molar-refractivity contribution in [1.82, 2.24) is 19.7 Å². The van der Waals surface area contributed by atoms with Crippen molar-refractivity contribution in [3.05, 3.63) is 42.1 Å². The number of nitrogens with zero attached hydrogens (tertiary/aromatic N) is 4. The van der Waals surface area contributed by atoms with Crippen LogP contribution in [0.25, 0.3) is 16.7 Å². The smallest absolute Gasteiger partial charge is 0.168 e. The second-order valence-electron chi connectivity index (χ2n) is 4.43. The maximum Gasteiger partial charge on any atom is 0.168 e. The Labute approximate surface area is 115 Å². The number of nitrogens with one attached hydrogen (secondary N) is 1.